The second kappa shape index (κ2) is 3.19. The fraction of sp³-hybridized carbons (Fsp3) is 0.500. The van der Waals surface area contributed by atoms with E-state index in [0.29, 0.717) is 5.92 Å². The highest BCUT2D eigenvalue weighted by Crippen LogP contribution is 2.30. The molecule has 0 fully saturated rings. The van der Waals surface area contributed by atoms with Crippen LogP contribution in [0.15, 0.2) is 18.2 Å². The Morgan fingerprint density at radius 3 is 2.33 bits per heavy atom. The van der Waals surface area contributed by atoms with E-state index in [1.165, 1.54) is 5.56 Å². The quantitative estimate of drug-likeness (QED) is 0.623. The van der Waals surface area contributed by atoms with E-state index in [0.717, 1.165) is 0 Å². The van der Waals surface area contributed by atoms with Crippen molar-refractivity contribution >= 4 is 0 Å². The zero-order valence-electron chi connectivity index (χ0n) is 8.31. The van der Waals surface area contributed by atoms with Crippen molar-refractivity contribution < 1.29 is 0 Å². The maximum atomic E-state index is 3.00. The fourth-order valence-electron chi connectivity index (χ4n) is 1.08. The van der Waals surface area contributed by atoms with Gasteiger partial charge < -0.3 is 0 Å². The van der Waals surface area contributed by atoms with E-state index in [1.54, 1.807) is 0 Å². The van der Waals surface area contributed by atoms with E-state index < -0.39 is 0 Å². The van der Waals surface area contributed by atoms with Crippen molar-refractivity contribution in [3.63, 3.8) is 0 Å². The molecule has 0 unspecified atom stereocenters. The third-order valence-electron chi connectivity index (χ3n) is 2.84. The fourth-order valence-corrected chi connectivity index (χ4v) is 1.08. The first-order valence-electron chi connectivity index (χ1n) is 4.43. The van der Waals surface area contributed by atoms with Gasteiger partial charge in [-0.15, -0.1) is 0 Å². The molecule has 0 aliphatic carbocycles. The molecule has 0 bridgehead atoms. The van der Waals surface area contributed by atoms with Gasteiger partial charge in [-0.1, -0.05) is 39.8 Å². The molecule has 0 heterocycles. The molecule has 1 rings (SSSR count). The molecule has 1 aromatic carbocycles. The molecule has 0 saturated heterocycles. The van der Waals surface area contributed by atoms with Crippen molar-refractivity contribution in [2.24, 2.45) is 5.92 Å². The van der Waals surface area contributed by atoms with Gasteiger partial charge in [0.2, 0.25) is 0 Å². The molecule has 0 amide bonds. The van der Waals surface area contributed by atoms with E-state index in [2.05, 4.69) is 45.9 Å². The van der Waals surface area contributed by atoms with Crippen LogP contribution in [-0.2, 0) is 5.41 Å². The van der Waals surface area contributed by atoms with Crippen LogP contribution in [0.1, 0.15) is 33.3 Å². The first-order chi connectivity index (χ1) is 5.55. The van der Waals surface area contributed by atoms with Gasteiger partial charge in [-0.25, -0.2) is 0 Å². The Bertz CT molecular complexity index is 231. The highest BCUT2D eigenvalue weighted by Gasteiger charge is 2.23. The summed E-state index contributed by atoms with van der Waals surface area (Å²) < 4.78 is 0. The van der Waals surface area contributed by atoms with Crippen molar-refractivity contribution in [2.75, 3.05) is 0 Å². The molecule has 0 N–H and O–H groups in total. The van der Waals surface area contributed by atoms with Gasteiger partial charge in [0, 0.05) is 0 Å². The highest BCUT2D eigenvalue weighted by atomic mass is 14.3. The van der Waals surface area contributed by atoms with Crippen molar-refractivity contribution in [1.29, 1.82) is 0 Å². The second-order valence-electron chi connectivity index (χ2n) is 4.10. The molecule has 0 radical (unpaired) electrons. The summed E-state index contributed by atoms with van der Waals surface area (Å²) in [6.07, 6.45) is 0. The molecule has 0 aliphatic rings. The minimum atomic E-state index is 0.242. The molecule has 0 nitrogen and oxygen atoms in total. The van der Waals surface area contributed by atoms with Crippen molar-refractivity contribution in [1.82, 2.24) is 0 Å². The molecular weight excluding hydrogens is 144 g/mol. The molecule has 0 aliphatic heterocycles. The lowest BCUT2D eigenvalue weighted by atomic mass is 9.75. The summed E-state index contributed by atoms with van der Waals surface area (Å²) in [6, 6.07) is 12.0. The van der Waals surface area contributed by atoms with Crippen LogP contribution in [0.5, 0.6) is 0 Å². The van der Waals surface area contributed by atoms with Crippen LogP contribution in [0.2, 0.25) is 0 Å². The second-order valence-corrected chi connectivity index (χ2v) is 4.10. The van der Waals surface area contributed by atoms with Gasteiger partial charge in [0.05, 0.1) is 0 Å². The van der Waals surface area contributed by atoms with Crippen LogP contribution >= 0.6 is 0 Å². The van der Waals surface area contributed by atoms with Gasteiger partial charge in [0.1, 0.15) is 0 Å². The largest absolute Gasteiger partial charge is 0.0702 e. The molecule has 12 heavy (non-hydrogen) atoms. The predicted octanol–water partition coefficient (Wildman–Crippen LogP) is 3.22. The Morgan fingerprint density at radius 2 is 1.92 bits per heavy atom. The highest BCUT2D eigenvalue weighted by molar-refractivity contribution is 5.21. The van der Waals surface area contributed by atoms with E-state index in [4.69, 9.17) is 0 Å². The van der Waals surface area contributed by atoms with Crippen LogP contribution in [0.25, 0.3) is 0 Å². The zero-order valence-corrected chi connectivity index (χ0v) is 8.31. The van der Waals surface area contributed by atoms with Gasteiger partial charge >= 0.3 is 0 Å². The molecule has 0 aromatic heterocycles. The molecule has 64 valence electrons. The molecular formula is C12H16. The lowest BCUT2D eigenvalue weighted by Gasteiger charge is -2.29. The summed E-state index contributed by atoms with van der Waals surface area (Å²) in [4.78, 5) is 0. The Balaban J connectivity index is 2.98. The normalized spacial score (nSPS) is 11.4. The summed E-state index contributed by atoms with van der Waals surface area (Å²) >= 11 is 0. The van der Waals surface area contributed by atoms with Gasteiger partial charge in [0.15, 0.2) is 0 Å². The summed E-state index contributed by atoms with van der Waals surface area (Å²) in [5, 5.41) is 0. The monoisotopic (exact) mass is 160 g/mol. The van der Waals surface area contributed by atoms with E-state index in [1.807, 2.05) is 12.1 Å². The van der Waals surface area contributed by atoms with Crippen molar-refractivity contribution in [3.8, 4) is 0 Å². The van der Waals surface area contributed by atoms with Crippen LogP contribution in [0.4, 0.5) is 0 Å². The van der Waals surface area contributed by atoms with Gasteiger partial charge in [-0.2, -0.15) is 0 Å². The number of hydrogen-bond acceptors (Lipinski definition) is 0. The lowest BCUT2D eigenvalue weighted by molar-refractivity contribution is 0.372. The van der Waals surface area contributed by atoms with Gasteiger partial charge in [-0.3, -0.25) is 0 Å². The molecule has 0 spiro atoms. The predicted molar refractivity (Wildman–Crippen MR) is 52.0 cm³/mol. The van der Waals surface area contributed by atoms with Crippen molar-refractivity contribution in [3.05, 3.63) is 35.9 Å². The van der Waals surface area contributed by atoms with Gasteiger partial charge in [0.25, 0.3) is 0 Å². The van der Waals surface area contributed by atoms with E-state index in [9.17, 15) is 0 Å². The van der Waals surface area contributed by atoms with Gasteiger partial charge in [-0.05, 0) is 35.1 Å². The average molecular weight is 160 g/mol. The zero-order chi connectivity index (χ0) is 9.19. The van der Waals surface area contributed by atoms with E-state index in [-0.39, 0.29) is 5.41 Å². The topological polar surface area (TPSA) is 0 Å². The lowest BCUT2D eigenvalue weighted by Crippen LogP contribution is -2.23. The van der Waals surface area contributed by atoms with Crippen LogP contribution in [-0.4, -0.2) is 0 Å². The standard InChI is InChI=1S/C12H16/c1-10(2)12(3,4)11-8-6-5-7-9-11/h6,8-10H,1-4H3. The summed E-state index contributed by atoms with van der Waals surface area (Å²) in [5.41, 5.74) is 1.59. The molecule has 0 atom stereocenters. The third-order valence-corrected chi connectivity index (χ3v) is 2.84. The van der Waals surface area contributed by atoms with E-state index >= 15 is 0 Å². The smallest absolute Gasteiger partial charge is 0.00740 e. The Kier molecular flexibility index (Phi) is 2.43. The van der Waals surface area contributed by atoms with Crippen molar-refractivity contribution in [2.45, 2.75) is 33.1 Å². The summed E-state index contributed by atoms with van der Waals surface area (Å²) in [6.45, 7) is 9.02. The average Bonchev–Trinajstić information content (AvgIpc) is 2.06. The Morgan fingerprint density at radius 1 is 1.25 bits per heavy atom. The Labute approximate surface area is 75.6 Å². The van der Waals surface area contributed by atoms with Crippen LogP contribution in [0, 0.1) is 18.1 Å². The number of hydrogen-bond donors (Lipinski definition) is 0. The van der Waals surface area contributed by atoms with Crippen LogP contribution < -0.4 is 0 Å². The minimum Gasteiger partial charge on any atom is -0.0702 e. The third kappa shape index (κ3) is 1.61. The Hall–Kier alpha value is -0.960. The maximum Gasteiger partial charge on any atom is -0.00740 e. The first-order valence-corrected chi connectivity index (χ1v) is 4.43. The molecule has 0 heteroatoms. The summed E-state index contributed by atoms with van der Waals surface area (Å²) in [7, 11) is 0. The molecule has 1 aromatic rings. The SMILES string of the molecule is CC(C)C(C)(C)c1cc#ccc1. The van der Waals surface area contributed by atoms with Crippen LogP contribution in [0.3, 0.4) is 0 Å². The maximum absolute atomic E-state index is 3.00. The summed E-state index contributed by atoms with van der Waals surface area (Å²) in [5.74, 6) is 0.647. The number of rotatable bonds is 2. The first kappa shape index (κ1) is 9.13. The molecule has 0 saturated carbocycles. The minimum absolute atomic E-state index is 0.242.